The standard InChI is InChI=1S/C13H17N3S/c1-4-11-7-14-10(3)16-13(11)15-8-12-9(2)5-6-17-12/h5-7H,4,8H2,1-3H3,(H,14,15,16). The zero-order valence-corrected chi connectivity index (χ0v) is 11.3. The predicted octanol–water partition coefficient (Wildman–Crippen LogP) is 3.33. The Kier molecular flexibility index (Phi) is 3.74. The summed E-state index contributed by atoms with van der Waals surface area (Å²) in [6.07, 6.45) is 2.86. The molecule has 0 amide bonds. The van der Waals surface area contributed by atoms with Crippen molar-refractivity contribution >= 4 is 17.2 Å². The van der Waals surface area contributed by atoms with Crippen molar-refractivity contribution in [1.29, 1.82) is 0 Å². The van der Waals surface area contributed by atoms with Crippen LogP contribution in [0.15, 0.2) is 17.6 Å². The van der Waals surface area contributed by atoms with Crippen molar-refractivity contribution in [3.8, 4) is 0 Å². The van der Waals surface area contributed by atoms with Crippen molar-refractivity contribution in [2.24, 2.45) is 0 Å². The predicted molar refractivity (Wildman–Crippen MR) is 72.5 cm³/mol. The summed E-state index contributed by atoms with van der Waals surface area (Å²) in [4.78, 5) is 10.0. The van der Waals surface area contributed by atoms with Crippen LogP contribution >= 0.6 is 11.3 Å². The SMILES string of the molecule is CCc1cnc(C)nc1NCc1sccc1C. The Hall–Kier alpha value is -1.42. The maximum atomic E-state index is 4.46. The number of thiophene rings is 1. The first kappa shape index (κ1) is 12.0. The minimum atomic E-state index is 0.813. The molecular formula is C13H17N3S. The van der Waals surface area contributed by atoms with E-state index in [4.69, 9.17) is 0 Å². The lowest BCUT2D eigenvalue weighted by Gasteiger charge is -2.09. The average Bonchev–Trinajstić information content (AvgIpc) is 2.72. The van der Waals surface area contributed by atoms with Crippen LogP contribution in [-0.2, 0) is 13.0 Å². The van der Waals surface area contributed by atoms with E-state index in [1.807, 2.05) is 13.1 Å². The molecule has 2 heterocycles. The smallest absolute Gasteiger partial charge is 0.133 e. The van der Waals surface area contributed by atoms with E-state index in [0.717, 1.165) is 24.6 Å². The number of aromatic nitrogens is 2. The lowest BCUT2D eigenvalue weighted by atomic mass is 10.2. The summed E-state index contributed by atoms with van der Waals surface area (Å²) < 4.78 is 0. The molecule has 0 saturated carbocycles. The monoisotopic (exact) mass is 247 g/mol. The van der Waals surface area contributed by atoms with Gasteiger partial charge in [0.1, 0.15) is 11.6 Å². The van der Waals surface area contributed by atoms with E-state index >= 15 is 0 Å². The molecule has 0 aliphatic heterocycles. The highest BCUT2D eigenvalue weighted by Gasteiger charge is 2.05. The van der Waals surface area contributed by atoms with Crippen LogP contribution in [-0.4, -0.2) is 9.97 Å². The van der Waals surface area contributed by atoms with E-state index in [2.05, 4.69) is 40.6 Å². The molecule has 4 heteroatoms. The van der Waals surface area contributed by atoms with Crippen molar-refractivity contribution in [3.05, 3.63) is 39.5 Å². The minimum absolute atomic E-state index is 0.813. The lowest BCUT2D eigenvalue weighted by Crippen LogP contribution is -2.06. The highest BCUT2D eigenvalue weighted by Crippen LogP contribution is 2.18. The Bertz CT molecular complexity index is 505. The fraction of sp³-hybridized carbons (Fsp3) is 0.385. The van der Waals surface area contributed by atoms with Crippen LogP contribution in [0.25, 0.3) is 0 Å². The molecule has 2 rings (SSSR count). The summed E-state index contributed by atoms with van der Waals surface area (Å²) in [5.41, 5.74) is 2.51. The van der Waals surface area contributed by atoms with Gasteiger partial charge in [0, 0.05) is 16.6 Å². The Morgan fingerprint density at radius 3 is 2.82 bits per heavy atom. The fourth-order valence-corrected chi connectivity index (χ4v) is 2.50. The molecule has 0 radical (unpaired) electrons. The highest BCUT2D eigenvalue weighted by molar-refractivity contribution is 7.10. The summed E-state index contributed by atoms with van der Waals surface area (Å²) in [6.45, 7) is 7.02. The quantitative estimate of drug-likeness (QED) is 0.900. The van der Waals surface area contributed by atoms with Crippen molar-refractivity contribution < 1.29 is 0 Å². The fourth-order valence-electron chi connectivity index (χ4n) is 1.66. The first-order valence-electron chi connectivity index (χ1n) is 5.80. The van der Waals surface area contributed by atoms with Gasteiger partial charge in [-0.05, 0) is 37.3 Å². The van der Waals surface area contributed by atoms with E-state index in [-0.39, 0.29) is 0 Å². The molecule has 0 aliphatic rings. The van der Waals surface area contributed by atoms with Gasteiger partial charge in [-0.25, -0.2) is 9.97 Å². The lowest BCUT2D eigenvalue weighted by molar-refractivity contribution is 0.972. The van der Waals surface area contributed by atoms with Gasteiger partial charge in [0.2, 0.25) is 0 Å². The van der Waals surface area contributed by atoms with Gasteiger partial charge in [-0.15, -0.1) is 11.3 Å². The third-order valence-corrected chi connectivity index (χ3v) is 3.77. The molecule has 0 atom stereocenters. The third-order valence-electron chi connectivity index (χ3n) is 2.75. The average molecular weight is 247 g/mol. The normalized spacial score (nSPS) is 10.5. The van der Waals surface area contributed by atoms with Gasteiger partial charge in [0.15, 0.2) is 0 Å². The van der Waals surface area contributed by atoms with Crippen molar-refractivity contribution in [1.82, 2.24) is 9.97 Å². The molecule has 3 nitrogen and oxygen atoms in total. The summed E-state index contributed by atoms with van der Waals surface area (Å²) >= 11 is 1.78. The number of anilines is 1. The minimum Gasteiger partial charge on any atom is -0.365 e. The van der Waals surface area contributed by atoms with Crippen LogP contribution in [0.2, 0.25) is 0 Å². The molecule has 0 unspecified atom stereocenters. The van der Waals surface area contributed by atoms with Crippen molar-refractivity contribution in [2.45, 2.75) is 33.7 Å². The number of hydrogen-bond donors (Lipinski definition) is 1. The molecule has 2 aromatic heterocycles. The number of hydrogen-bond acceptors (Lipinski definition) is 4. The summed E-state index contributed by atoms with van der Waals surface area (Å²) in [5.74, 6) is 1.78. The van der Waals surface area contributed by atoms with E-state index in [0.29, 0.717) is 0 Å². The maximum Gasteiger partial charge on any atom is 0.133 e. The Morgan fingerprint density at radius 2 is 2.18 bits per heavy atom. The van der Waals surface area contributed by atoms with Crippen LogP contribution in [0.4, 0.5) is 5.82 Å². The zero-order valence-electron chi connectivity index (χ0n) is 10.4. The molecule has 0 saturated heterocycles. The molecule has 2 aromatic rings. The summed E-state index contributed by atoms with van der Waals surface area (Å²) in [6, 6.07) is 2.15. The number of aryl methyl sites for hydroxylation is 3. The molecule has 0 spiro atoms. The third kappa shape index (κ3) is 2.82. The summed E-state index contributed by atoms with van der Waals surface area (Å²) in [7, 11) is 0. The number of nitrogens with zero attached hydrogens (tertiary/aromatic N) is 2. The second kappa shape index (κ2) is 5.27. The van der Waals surface area contributed by atoms with Gasteiger partial charge < -0.3 is 5.32 Å². The molecule has 0 bridgehead atoms. The van der Waals surface area contributed by atoms with E-state index in [1.165, 1.54) is 16.0 Å². The van der Waals surface area contributed by atoms with Gasteiger partial charge in [0.25, 0.3) is 0 Å². The topological polar surface area (TPSA) is 37.8 Å². The maximum absolute atomic E-state index is 4.46. The van der Waals surface area contributed by atoms with Crippen LogP contribution in [0, 0.1) is 13.8 Å². The van der Waals surface area contributed by atoms with E-state index in [1.54, 1.807) is 11.3 Å². The Balaban J connectivity index is 2.13. The van der Waals surface area contributed by atoms with Gasteiger partial charge >= 0.3 is 0 Å². The molecule has 0 fully saturated rings. The molecule has 0 aliphatic carbocycles. The summed E-state index contributed by atoms with van der Waals surface area (Å²) in [5, 5.41) is 5.53. The van der Waals surface area contributed by atoms with E-state index < -0.39 is 0 Å². The zero-order chi connectivity index (χ0) is 12.3. The van der Waals surface area contributed by atoms with Gasteiger partial charge in [0.05, 0.1) is 6.54 Å². The van der Waals surface area contributed by atoms with Crippen molar-refractivity contribution in [2.75, 3.05) is 5.32 Å². The largest absolute Gasteiger partial charge is 0.365 e. The number of nitrogens with one attached hydrogen (secondary N) is 1. The van der Waals surface area contributed by atoms with E-state index in [9.17, 15) is 0 Å². The van der Waals surface area contributed by atoms with Gasteiger partial charge in [-0.3, -0.25) is 0 Å². The number of rotatable bonds is 4. The van der Waals surface area contributed by atoms with Crippen molar-refractivity contribution in [3.63, 3.8) is 0 Å². The molecule has 1 N–H and O–H groups in total. The van der Waals surface area contributed by atoms with Crippen LogP contribution in [0.1, 0.15) is 28.8 Å². The highest BCUT2D eigenvalue weighted by atomic mass is 32.1. The molecule has 0 aromatic carbocycles. The first-order valence-corrected chi connectivity index (χ1v) is 6.68. The van der Waals surface area contributed by atoms with Crippen LogP contribution < -0.4 is 5.32 Å². The Labute approximate surface area is 106 Å². The van der Waals surface area contributed by atoms with Crippen LogP contribution in [0.5, 0.6) is 0 Å². The molecule has 17 heavy (non-hydrogen) atoms. The Morgan fingerprint density at radius 1 is 1.35 bits per heavy atom. The van der Waals surface area contributed by atoms with Crippen LogP contribution in [0.3, 0.4) is 0 Å². The first-order chi connectivity index (χ1) is 8.20. The molecular weight excluding hydrogens is 230 g/mol. The molecule has 90 valence electrons. The second-order valence-electron chi connectivity index (χ2n) is 4.02. The van der Waals surface area contributed by atoms with Gasteiger partial charge in [-0.1, -0.05) is 6.92 Å². The van der Waals surface area contributed by atoms with Gasteiger partial charge in [-0.2, -0.15) is 0 Å². The second-order valence-corrected chi connectivity index (χ2v) is 5.03.